The molecule has 3 nitrogen and oxygen atoms in total. The molecule has 0 aromatic carbocycles. The van der Waals surface area contributed by atoms with Crippen LogP contribution in [0.5, 0.6) is 0 Å². The van der Waals surface area contributed by atoms with Gasteiger partial charge in [-0.05, 0) is 36.2 Å². The highest BCUT2D eigenvalue weighted by Gasteiger charge is 2.63. The van der Waals surface area contributed by atoms with Crippen molar-refractivity contribution in [3.63, 3.8) is 0 Å². The van der Waals surface area contributed by atoms with E-state index in [1.54, 1.807) is 0 Å². The third-order valence-electron chi connectivity index (χ3n) is 7.24. The summed E-state index contributed by atoms with van der Waals surface area (Å²) in [7, 11) is -3.42. The summed E-state index contributed by atoms with van der Waals surface area (Å²) >= 11 is 0. The van der Waals surface area contributed by atoms with Crippen LogP contribution in [0.1, 0.15) is 72.6 Å². The van der Waals surface area contributed by atoms with Crippen molar-refractivity contribution >= 4 is 22.2 Å². The van der Waals surface area contributed by atoms with Gasteiger partial charge in [0, 0.05) is 12.8 Å². The van der Waals surface area contributed by atoms with Gasteiger partial charge in [0.25, 0.3) is 0 Å². The highest BCUT2D eigenvalue weighted by atomic mass is 28.4. The van der Waals surface area contributed by atoms with Gasteiger partial charge in [-0.15, -0.1) is 0 Å². The molecule has 1 saturated heterocycles. The van der Waals surface area contributed by atoms with Gasteiger partial charge in [-0.25, -0.2) is 0 Å². The maximum absolute atomic E-state index is 12.8. The van der Waals surface area contributed by atoms with E-state index in [2.05, 4.69) is 66.5 Å². The maximum atomic E-state index is 12.8. The second-order valence-corrected chi connectivity index (χ2v) is 21.6. The highest BCUT2D eigenvalue weighted by Crippen LogP contribution is 2.52. The molecule has 162 valence electrons. The Morgan fingerprint density at radius 1 is 1.14 bits per heavy atom. The molecular weight excluding hydrogens is 380 g/mol. The summed E-state index contributed by atoms with van der Waals surface area (Å²) in [5.41, 5.74) is 0.974. The molecule has 2 rings (SSSR count). The van der Waals surface area contributed by atoms with Crippen LogP contribution in [0.15, 0.2) is 11.6 Å². The average molecular weight is 425 g/mol. The molecule has 1 fully saturated rings. The topological polar surface area (TPSA) is 38.8 Å². The zero-order valence-electron chi connectivity index (χ0n) is 19.9. The Kier molecular flexibility index (Phi) is 7.28. The van der Waals surface area contributed by atoms with Gasteiger partial charge in [-0.3, -0.25) is 4.79 Å². The lowest BCUT2D eigenvalue weighted by molar-refractivity contribution is -0.115. The van der Waals surface area contributed by atoms with Gasteiger partial charge in [0.2, 0.25) is 0 Å². The third-order valence-corrected chi connectivity index (χ3v) is 14.9. The first-order valence-electron chi connectivity index (χ1n) is 11.3. The minimum absolute atomic E-state index is 0.0381. The summed E-state index contributed by atoms with van der Waals surface area (Å²) in [6, 6.07) is 0. The molecule has 0 radical (unpaired) electrons. The van der Waals surface area contributed by atoms with Crippen molar-refractivity contribution in [3.05, 3.63) is 11.6 Å². The quantitative estimate of drug-likeness (QED) is 0.224. The van der Waals surface area contributed by atoms with Gasteiger partial charge in [0.1, 0.15) is 0 Å². The molecule has 3 unspecified atom stereocenters. The fourth-order valence-electron chi connectivity index (χ4n) is 4.11. The first-order chi connectivity index (χ1) is 12.7. The van der Waals surface area contributed by atoms with E-state index in [-0.39, 0.29) is 22.1 Å². The van der Waals surface area contributed by atoms with Gasteiger partial charge in [-0.1, -0.05) is 73.0 Å². The van der Waals surface area contributed by atoms with Crippen LogP contribution in [0.4, 0.5) is 0 Å². The number of carbonyl (C=O) groups excluding carboxylic acids is 1. The standard InChI is InChI=1S/C23H44O3Si2/c1-10-11-12-13-14-21-23(25-21,27(5,6)7)17-18-15-19(16-20(18)24)26-28(8,9)22(2,3)4/h15,19,21H,10-14,16-17H2,1-9H3. The van der Waals surface area contributed by atoms with Crippen molar-refractivity contribution in [2.75, 3.05) is 0 Å². The largest absolute Gasteiger partial charge is 0.410 e. The number of hydrogen-bond donors (Lipinski definition) is 0. The number of Topliss-reactive ketones (excluding diaryl/α,β-unsaturated/α-hetero) is 1. The molecule has 0 aromatic heterocycles. The van der Waals surface area contributed by atoms with Crippen molar-refractivity contribution in [1.29, 1.82) is 0 Å². The van der Waals surface area contributed by atoms with Crippen LogP contribution in [-0.4, -0.2) is 39.6 Å². The summed E-state index contributed by atoms with van der Waals surface area (Å²) in [6.07, 6.45) is 10.0. The van der Waals surface area contributed by atoms with Crippen molar-refractivity contribution in [3.8, 4) is 0 Å². The lowest BCUT2D eigenvalue weighted by Gasteiger charge is -2.37. The zero-order chi connectivity index (χ0) is 21.4. The summed E-state index contributed by atoms with van der Waals surface area (Å²) in [5.74, 6) is 0.279. The molecule has 0 N–H and O–H groups in total. The summed E-state index contributed by atoms with van der Waals surface area (Å²) in [6.45, 7) is 20.7. The smallest absolute Gasteiger partial charge is 0.192 e. The summed E-state index contributed by atoms with van der Waals surface area (Å²) < 4.78 is 12.9. The number of ketones is 1. The van der Waals surface area contributed by atoms with E-state index in [0.29, 0.717) is 12.5 Å². The molecule has 1 heterocycles. The van der Waals surface area contributed by atoms with Gasteiger partial charge in [-0.2, -0.15) is 0 Å². The van der Waals surface area contributed by atoms with Crippen LogP contribution in [-0.2, 0) is 14.0 Å². The fraction of sp³-hybridized carbons (Fsp3) is 0.870. The minimum atomic E-state index is -1.87. The maximum Gasteiger partial charge on any atom is 0.192 e. The van der Waals surface area contributed by atoms with Gasteiger partial charge in [0.15, 0.2) is 14.1 Å². The van der Waals surface area contributed by atoms with E-state index < -0.39 is 16.4 Å². The van der Waals surface area contributed by atoms with Gasteiger partial charge >= 0.3 is 0 Å². The monoisotopic (exact) mass is 424 g/mol. The molecule has 1 aliphatic carbocycles. The van der Waals surface area contributed by atoms with Gasteiger partial charge < -0.3 is 9.16 Å². The van der Waals surface area contributed by atoms with E-state index in [4.69, 9.17) is 9.16 Å². The zero-order valence-corrected chi connectivity index (χ0v) is 21.9. The van der Waals surface area contributed by atoms with E-state index in [9.17, 15) is 4.79 Å². The van der Waals surface area contributed by atoms with Crippen LogP contribution in [0, 0.1) is 0 Å². The minimum Gasteiger partial charge on any atom is -0.410 e. The average Bonchev–Trinajstić information content (AvgIpc) is 3.13. The predicted molar refractivity (Wildman–Crippen MR) is 124 cm³/mol. The number of unbranched alkanes of at least 4 members (excludes halogenated alkanes) is 3. The predicted octanol–water partition coefficient (Wildman–Crippen LogP) is 6.65. The third kappa shape index (κ3) is 5.27. The molecule has 2 aliphatic rings. The van der Waals surface area contributed by atoms with Gasteiger partial charge in [0.05, 0.1) is 25.5 Å². The van der Waals surface area contributed by atoms with Crippen molar-refractivity contribution < 1.29 is 14.0 Å². The molecule has 0 aromatic rings. The normalized spacial score (nSPS) is 28.6. The second kappa shape index (κ2) is 8.48. The number of ether oxygens (including phenoxy) is 1. The highest BCUT2D eigenvalue weighted by molar-refractivity contribution is 6.80. The van der Waals surface area contributed by atoms with Crippen LogP contribution in [0.3, 0.4) is 0 Å². The Bertz CT molecular complexity index is 598. The molecule has 0 spiro atoms. The Morgan fingerprint density at radius 3 is 2.32 bits per heavy atom. The molecule has 28 heavy (non-hydrogen) atoms. The van der Waals surface area contributed by atoms with Crippen molar-refractivity contribution in [2.24, 2.45) is 0 Å². The van der Waals surface area contributed by atoms with Crippen molar-refractivity contribution in [2.45, 2.75) is 128 Å². The SMILES string of the molecule is CCCCCCC1OC1(CC1=CC(O[Si](C)(C)C(C)(C)C)CC1=O)[Si](C)(C)C. The fourth-order valence-corrected chi connectivity index (χ4v) is 7.70. The van der Waals surface area contributed by atoms with E-state index >= 15 is 0 Å². The van der Waals surface area contributed by atoms with Crippen LogP contribution in [0.2, 0.25) is 37.8 Å². The number of hydrogen-bond acceptors (Lipinski definition) is 3. The van der Waals surface area contributed by atoms with Crippen molar-refractivity contribution in [1.82, 2.24) is 0 Å². The molecular formula is C23H44O3Si2. The Labute approximate surface area is 175 Å². The summed E-state index contributed by atoms with van der Waals surface area (Å²) in [5, 5.41) is 0.113. The Morgan fingerprint density at radius 2 is 1.79 bits per heavy atom. The number of rotatable bonds is 10. The summed E-state index contributed by atoms with van der Waals surface area (Å²) in [4.78, 5) is 12.8. The molecule has 0 saturated carbocycles. The molecule has 1 aliphatic heterocycles. The second-order valence-electron chi connectivity index (χ2n) is 11.5. The van der Waals surface area contributed by atoms with E-state index in [0.717, 1.165) is 18.4 Å². The molecule has 3 atom stereocenters. The van der Waals surface area contributed by atoms with Crippen LogP contribution >= 0.6 is 0 Å². The van der Waals surface area contributed by atoms with E-state index in [1.807, 2.05) is 0 Å². The lowest BCUT2D eigenvalue weighted by Crippen LogP contribution is -2.44. The first-order valence-corrected chi connectivity index (χ1v) is 17.7. The first kappa shape index (κ1) is 24.0. The Hall–Kier alpha value is -0.236. The van der Waals surface area contributed by atoms with E-state index in [1.165, 1.54) is 25.7 Å². The molecule has 5 heteroatoms. The molecule has 0 bridgehead atoms. The lowest BCUT2D eigenvalue weighted by atomic mass is 10.0. The Balaban J connectivity index is 2.06. The number of carbonyl (C=O) groups is 1. The van der Waals surface area contributed by atoms with Crippen LogP contribution < -0.4 is 0 Å². The number of epoxide rings is 1. The molecule has 0 amide bonds. The van der Waals surface area contributed by atoms with Crippen LogP contribution in [0.25, 0.3) is 0 Å².